The number of allylic oxidation sites excluding steroid dienone is 2. The van der Waals surface area contributed by atoms with Crippen molar-refractivity contribution < 1.29 is 59.2 Å². The van der Waals surface area contributed by atoms with E-state index in [4.69, 9.17) is 18.9 Å². The third-order valence-electron chi connectivity index (χ3n) is 11.3. The van der Waals surface area contributed by atoms with E-state index in [0.29, 0.717) is 31.5 Å². The van der Waals surface area contributed by atoms with E-state index >= 15 is 0 Å². The van der Waals surface area contributed by atoms with Crippen molar-refractivity contribution in [1.29, 1.82) is 0 Å². The van der Waals surface area contributed by atoms with Crippen molar-refractivity contribution in [3.63, 3.8) is 0 Å². The molecule has 252 valence electrons. The first kappa shape index (κ1) is 32.0. The van der Waals surface area contributed by atoms with E-state index in [1.54, 1.807) is 0 Å². The number of carboxylic acid groups (broad SMARTS) is 1. The molecule has 2 aromatic carbocycles. The molecule has 12 nitrogen and oxygen atoms in total. The zero-order valence-corrected chi connectivity index (χ0v) is 26.4. The summed E-state index contributed by atoms with van der Waals surface area (Å²) in [7, 11) is 0. The smallest absolute Gasteiger partial charge is 0.335 e. The molecule has 5 aliphatic rings. The number of carboxylic acids is 1. The van der Waals surface area contributed by atoms with Crippen molar-refractivity contribution in [2.75, 3.05) is 26.4 Å². The van der Waals surface area contributed by atoms with Gasteiger partial charge in [-0.05, 0) is 79.7 Å². The average Bonchev–Trinajstić information content (AvgIpc) is 3.40. The van der Waals surface area contributed by atoms with Crippen LogP contribution < -0.4 is 4.74 Å². The van der Waals surface area contributed by atoms with Crippen LogP contribution in [0.4, 0.5) is 0 Å². The summed E-state index contributed by atoms with van der Waals surface area (Å²) in [5, 5.41) is 65.8. The predicted molar refractivity (Wildman–Crippen MR) is 165 cm³/mol. The third kappa shape index (κ3) is 4.72. The van der Waals surface area contributed by atoms with E-state index in [1.807, 2.05) is 0 Å². The fraction of sp³-hybridized carbons (Fsp3) is 0.543. The number of carbonyl (C=O) groups excluding carboxylic acids is 1. The Labute approximate surface area is 270 Å². The first-order chi connectivity index (χ1) is 22.4. The number of aliphatic hydroxyl groups is 3. The highest BCUT2D eigenvalue weighted by molar-refractivity contribution is 6.11. The van der Waals surface area contributed by atoms with E-state index in [1.165, 1.54) is 25.0 Å². The molecule has 6 N–H and O–H groups in total. The minimum absolute atomic E-state index is 0.0260. The van der Waals surface area contributed by atoms with Gasteiger partial charge in [0.05, 0.1) is 36.3 Å². The van der Waals surface area contributed by atoms with Gasteiger partial charge in [-0.25, -0.2) is 4.79 Å². The SMILES string of the molecule is CC(=O)c1c(C)c(O)c2cc(C(=O)O)cc(O[C@@H]3O[C@H](CO)[C@]4(C[C@H]5C6=C(CC=C6[C@H]6COCC[C@H]6[C@@H]5C)CO4)[C@H](O)[C@H]3O)c2c1O. The second-order valence-corrected chi connectivity index (χ2v) is 13.6. The topological polar surface area (TPSA) is 192 Å². The van der Waals surface area contributed by atoms with Gasteiger partial charge >= 0.3 is 5.97 Å². The summed E-state index contributed by atoms with van der Waals surface area (Å²) in [6.45, 7) is 5.77. The molecule has 1 spiro atoms. The van der Waals surface area contributed by atoms with Crippen LogP contribution in [0.1, 0.15) is 59.4 Å². The first-order valence-corrected chi connectivity index (χ1v) is 16.1. The van der Waals surface area contributed by atoms with Gasteiger partial charge in [-0.3, -0.25) is 4.79 Å². The number of Topliss-reactive ketones (excluding diaryl/α,β-unsaturated/α-hetero) is 1. The molecule has 0 radical (unpaired) electrons. The molecule has 3 fully saturated rings. The van der Waals surface area contributed by atoms with Crippen LogP contribution in [0, 0.1) is 30.6 Å². The normalized spacial score (nSPS) is 34.9. The molecule has 0 bridgehead atoms. The standard InChI is InChI=1S/C35H40O12/c1-14-19-6-7-44-13-23(19)20-5-4-17-12-45-35(10-22(14)27(17)20)25(11-36)47-34(31(40)32(35)41)46-24-9-18(33(42)43)8-21-28(24)30(39)26(16(3)37)15(2)29(21)38/h5,8-9,14,19,22-23,25,31-32,34,36,38-41H,4,6-7,10-13H2,1-3H3,(H,42,43)/t14-,19-,22+,23-,25+,31+,32+,34+,35+/m0/s1. The number of aromatic carboxylic acids is 1. The second-order valence-electron chi connectivity index (χ2n) is 13.6. The maximum absolute atomic E-state index is 12.4. The average molecular weight is 653 g/mol. The lowest BCUT2D eigenvalue weighted by molar-refractivity contribution is -0.325. The number of ether oxygens (including phenoxy) is 4. The Morgan fingerprint density at radius 3 is 2.60 bits per heavy atom. The number of hydrogen-bond acceptors (Lipinski definition) is 11. The van der Waals surface area contributed by atoms with Gasteiger partial charge in [-0.1, -0.05) is 13.0 Å². The van der Waals surface area contributed by atoms with E-state index in [9.17, 15) is 40.2 Å². The molecule has 7 rings (SSSR count). The molecule has 3 heterocycles. The number of carbonyl (C=O) groups is 2. The number of benzene rings is 2. The number of phenolic OH excluding ortho intramolecular Hbond substituents is 2. The van der Waals surface area contributed by atoms with Crippen molar-refractivity contribution in [2.24, 2.45) is 23.7 Å². The van der Waals surface area contributed by atoms with Crippen LogP contribution in [0.5, 0.6) is 17.2 Å². The summed E-state index contributed by atoms with van der Waals surface area (Å²) in [6, 6.07) is 2.21. The van der Waals surface area contributed by atoms with Crippen LogP contribution in [0.15, 0.2) is 34.9 Å². The molecule has 2 aromatic rings. The Morgan fingerprint density at radius 1 is 1.13 bits per heavy atom. The molecule has 2 saturated heterocycles. The number of aromatic hydroxyl groups is 2. The molecule has 9 atom stereocenters. The lowest BCUT2D eigenvalue weighted by Gasteiger charge is -2.53. The van der Waals surface area contributed by atoms with E-state index in [-0.39, 0.29) is 58.1 Å². The summed E-state index contributed by atoms with van der Waals surface area (Å²) in [5.41, 5.74) is 1.65. The number of hydrogen-bond donors (Lipinski definition) is 6. The minimum atomic E-state index is -1.74. The Morgan fingerprint density at radius 2 is 1.89 bits per heavy atom. The van der Waals surface area contributed by atoms with Crippen LogP contribution in [-0.2, 0) is 14.2 Å². The van der Waals surface area contributed by atoms with E-state index < -0.39 is 60.1 Å². The van der Waals surface area contributed by atoms with E-state index in [2.05, 4.69) is 13.0 Å². The fourth-order valence-corrected chi connectivity index (χ4v) is 8.95. The lowest BCUT2D eigenvalue weighted by Crippen LogP contribution is -2.69. The van der Waals surface area contributed by atoms with Gasteiger partial charge in [0, 0.05) is 23.5 Å². The molecule has 12 heteroatoms. The van der Waals surface area contributed by atoms with Crippen molar-refractivity contribution in [3.05, 3.63) is 51.6 Å². The maximum atomic E-state index is 12.4. The zero-order valence-electron chi connectivity index (χ0n) is 26.4. The summed E-state index contributed by atoms with van der Waals surface area (Å²) < 4.78 is 24.5. The quantitative estimate of drug-likeness (QED) is 0.205. The second kappa shape index (κ2) is 11.6. The van der Waals surface area contributed by atoms with Crippen LogP contribution >= 0.6 is 0 Å². The Bertz CT molecular complexity index is 1720. The monoisotopic (exact) mass is 652 g/mol. The molecular formula is C35H40O12. The van der Waals surface area contributed by atoms with Crippen LogP contribution in [0.2, 0.25) is 0 Å². The Balaban J connectivity index is 1.26. The molecule has 47 heavy (non-hydrogen) atoms. The summed E-state index contributed by atoms with van der Waals surface area (Å²) >= 11 is 0. The fourth-order valence-electron chi connectivity index (χ4n) is 8.95. The van der Waals surface area contributed by atoms with Gasteiger partial charge in [0.25, 0.3) is 0 Å². The van der Waals surface area contributed by atoms with Gasteiger partial charge in [0.15, 0.2) is 5.78 Å². The number of phenols is 2. The first-order valence-electron chi connectivity index (χ1n) is 16.1. The summed E-state index contributed by atoms with van der Waals surface area (Å²) in [5.74, 6) is -2.37. The Kier molecular flexibility index (Phi) is 7.89. The molecule has 0 unspecified atom stereocenters. The van der Waals surface area contributed by atoms with Gasteiger partial charge in [0.2, 0.25) is 6.29 Å². The highest BCUT2D eigenvalue weighted by Gasteiger charge is 2.61. The molecule has 2 aliphatic carbocycles. The Hall–Kier alpha value is -3.52. The van der Waals surface area contributed by atoms with Crippen molar-refractivity contribution in [2.45, 2.75) is 70.2 Å². The molecular weight excluding hydrogens is 612 g/mol. The third-order valence-corrected chi connectivity index (χ3v) is 11.3. The molecule has 3 aliphatic heterocycles. The summed E-state index contributed by atoms with van der Waals surface area (Å²) in [4.78, 5) is 24.5. The van der Waals surface area contributed by atoms with Gasteiger partial charge in [-0.15, -0.1) is 0 Å². The number of rotatable bonds is 5. The highest BCUT2D eigenvalue weighted by Crippen LogP contribution is 2.57. The van der Waals surface area contributed by atoms with Gasteiger partial charge in [-0.2, -0.15) is 0 Å². The lowest BCUT2D eigenvalue weighted by atomic mass is 9.58. The van der Waals surface area contributed by atoms with Crippen molar-refractivity contribution in [3.8, 4) is 17.2 Å². The largest absolute Gasteiger partial charge is 0.507 e. The maximum Gasteiger partial charge on any atom is 0.335 e. The van der Waals surface area contributed by atoms with Crippen LogP contribution in [-0.4, -0.2) is 99.0 Å². The number of fused-ring (bicyclic) bond motifs is 3. The van der Waals surface area contributed by atoms with Crippen LogP contribution in [0.25, 0.3) is 10.8 Å². The zero-order chi connectivity index (χ0) is 33.5. The molecule has 0 amide bonds. The molecule has 0 aromatic heterocycles. The van der Waals surface area contributed by atoms with E-state index in [0.717, 1.165) is 24.1 Å². The molecule has 1 saturated carbocycles. The predicted octanol–water partition coefficient (Wildman–Crippen LogP) is 2.98. The van der Waals surface area contributed by atoms with Crippen LogP contribution in [0.3, 0.4) is 0 Å². The van der Waals surface area contributed by atoms with Gasteiger partial charge in [0.1, 0.15) is 41.2 Å². The number of ketones is 1. The number of aliphatic hydroxyl groups excluding tert-OH is 3. The summed E-state index contributed by atoms with van der Waals surface area (Å²) in [6.07, 6.45) is -2.00. The highest BCUT2D eigenvalue weighted by atomic mass is 16.7. The van der Waals surface area contributed by atoms with Crippen molar-refractivity contribution >= 4 is 22.5 Å². The van der Waals surface area contributed by atoms with Crippen molar-refractivity contribution in [1.82, 2.24) is 0 Å². The van der Waals surface area contributed by atoms with Gasteiger partial charge < -0.3 is 49.6 Å². The minimum Gasteiger partial charge on any atom is -0.507 e.